The molecule has 11 nitrogen and oxygen atoms in total. The average Bonchev–Trinajstić information content (AvgIpc) is 3.70. The zero-order valence-electron chi connectivity index (χ0n) is 28.5. The lowest BCUT2D eigenvalue weighted by molar-refractivity contribution is 0.0388. The van der Waals surface area contributed by atoms with E-state index >= 15 is 0 Å². The van der Waals surface area contributed by atoms with Gasteiger partial charge < -0.3 is 20.1 Å². The van der Waals surface area contributed by atoms with Crippen LogP contribution >= 0.6 is 0 Å². The van der Waals surface area contributed by atoms with Gasteiger partial charge in [-0.2, -0.15) is 10.2 Å². The van der Waals surface area contributed by atoms with Crippen molar-refractivity contribution in [2.75, 3.05) is 58.4 Å². The van der Waals surface area contributed by atoms with Gasteiger partial charge in [0.25, 0.3) is 0 Å². The molecule has 3 aromatic heterocycles. The first-order valence-electron chi connectivity index (χ1n) is 17.0. The van der Waals surface area contributed by atoms with Gasteiger partial charge in [0, 0.05) is 77.6 Å². The minimum atomic E-state index is 0. The summed E-state index contributed by atoms with van der Waals surface area (Å²) < 4.78 is 14.5. The highest BCUT2D eigenvalue weighted by atomic mass is 16.5. The maximum Gasteiger partial charge on any atom is 0.228 e. The minimum absolute atomic E-state index is 0. The van der Waals surface area contributed by atoms with E-state index in [0.29, 0.717) is 36.8 Å². The molecule has 47 heavy (non-hydrogen) atoms. The van der Waals surface area contributed by atoms with Gasteiger partial charge in [-0.15, -0.1) is 0 Å². The van der Waals surface area contributed by atoms with E-state index in [4.69, 9.17) is 19.6 Å². The summed E-state index contributed by atoms with van der Waals surface area (Å²) in [5.74, 6) is 2.22. The number of hydrogen-bond acceptors (Lipinski definition) is 9. The molecule has 0 radical (unpaired) electrons. The molecule has 1 saturated heterocycles. The van der Waals surface area contributed by atoms with Gasteiger partial charge in [-0.05, 0) is 41.4 Å². The molecule has 0 bridgehead atoms. The van der Waals surface area contributed by atoms with Gasteiger partial charge in [-0.1, -0.05) is 51.5 Å². The van der Waals surface area contributed by atoms with E-state index in [1.807, 2.05) is 34.9 Å². The van der Waals surface area contributed by atoms with E-state index in [-0.39, 0.29) is 1.43 Å². The lowest BCUT2D eigenvalue weighted by Crippen LogP contribution is -2.39. The largest absolute Gasteiger partial charge is 0.389 e. The van der Waals surface area contributed by atoms with Gasteiger partial charge in [0.2, 0.25) is 5.95 Å². The average molecular weight is 642 g/mol. The zero-order valence-corrected chi connectivity index (χ0v) is 28.5. The molecule has 2 aliphatic rings. The second-order valence-corrected chi connectivity index (χ2v) is 12.7. The number of morpholine rings is 1. The number of aromatic nitrogens is 6. The summed E-state index contributed by atoms with van der Waals surface area (Å²) in [6.07, 6.45) is 8.98. The maximum absolute atomic E-state index is 5.51. The summed E-state index contributed by atoms with van der Waals surface area (Å²) in [4.78, 5) is 12.1. The van der Waals surface area contributed by atoms with Crippen molar-refractivity contribution in [1.82, 2.24) is 39.7 Å². The highest BCUT2D eigenvalue weighted by Gasteiger charge is 2.27. The standard InChI is InChI=1S/C36H49N9O2.H2/c1-6-25(2)26(3)30(24-37-14-16-44-17-21-47-22-18-44)27-7-9-28(10-8-27)35-33-31(41-43(35)4)12-11-29-23-38-36(40-34(29)33)39-32-13-15-45(42-32)19-20-46-5;/h7-10,13,15,23-26,37H,6,11-12,14,16-22H2,1-5H3,(H,38,39,40,42);1H/b30-24+;. The fourth-order valence-corrected chi connectivity index (χ4v) is 6.49. The predicted octanol–water partition coefficient (Wildman–Crippen LogP) is 5.42. The third kappa shape index (κ3) is 7.58. The maximum atomic E-state index is 5.51. The second-order valence-electron chi connectivity index (χ2n) is 12.7. The zero-order chi connectivity index (χ0) is 32.8. The Hall–Kier alpha value is -4.06. The Morgan fingerprint density at radius 3 is 2.66 bits per heavy atom. The summed E-state index contributed by atoms with van der Waals surface area (Å²) in [5, 5.41) is 16.5. The van der Waals surface area contributed by atoms with Crippen molar-refractivity contribution in [1.29, 1.82) is 0 Å². The van der Waals surface area contributed by atoms with E-state index in [2.05, 4.69) is 76.9 Å². The van der Waals surface area contributed by atoms with Crippen molar-refractivity contribution < 1.29 is 10.9 Å². The quantitative estimate of drug-likeness (QED) is 0.175. The van der Waals surface area contributed by atoms with Crippen molar-refractivity contribution >= 4 is 17.3 Å². The summed E-state index contributed by atoms with van der Waals surface area (Å²) >= 11 is 0. The van der Waals surface area contributed by atoms with Crippen LogP contribution in [0.25, 0.3) is 28.1 Å². The number of benzene rings is 1. The smallest absolute Gasteiger partial charge is 0.228 e. The number of nitrogens with zero attached hydrogens (tertiary/aromatic N) is 7. The Morgan fingerprint density at radius 2 is 1.89 bits per heavy atom. The Kier molecular flexibility index (Phi) is 10.6. The van der Waals surface area contributed by atoms with Gasteiger partial charge in [0.1, 0.15) is 0 Å². The molecule has 0 saturated carbocycles. The van der Waals surface area contributed by atoms with E-state index in [9.17, 15) is 0 Å². The normalized spacial score (nSPS) is 16.4. The monoisotopic (exact) mass is 641 g/mol. The number of anilines is 2. The van der Waals surface area contributed by atoms with Crippen LogP contribution in [0.1, 0.15) is 45.4 Å². The van der Waals surface area contributed by atoms with E-state index < -0.39 is 0 Å². The van der Waals surface area contributed by atoms with Gasteiger partial charge in [0.15, 0.2) is 5.82 Å². The van der Waals surface area contributed by atoms with Gasteiger partial charge in [-0.25, -0.2) is 9.97 Å². The number of hydrogen-bond donors (Lipinski definition) is 2. The highest BCUT2D eigenvalue weighted by Crippen LogP contribution is 2.40. The van der Waals surface area contributed by atoms with Crippen molar-refractivity contribution in [2.45, 2.75) is 46.6 Å². The molecule has 4 heterocycles. The van der Waals surface area contributed by atoms with Crippen molar-refractivity contribution in [3.05, 3.63) is 65.7 Å². The van der Waals surface area contributed by atoms with E-state index in [1.54, 1.807) is 7.11 Å². The molecule has 2 atom stereocenters. The molecular formula is C36H51N9O2. The number of ether oxygens (including phenoxy) is 2. The molecule has 0 amide bonds. The number of nitrogens with one attached hydrogen (secondary N) is 2. The molecular weight excluding hydrogens is 590 g/mol. The summed E-state index contributed by atoms with van der Waals surface area (Å²) in [7, 11) is 3.72. The van der Waals surface area contributed by atoms with Crippen LogP contribution in [0.5, 0.6) is 0 Å². The molecule has 1 fully saturated rings. The van der Waals surface area contributed by atoms with Crippen LogP contribution in [0.2, 0.25) is 0 Å². The fraction of sp³-hybridized carbons (Fsp3) is 0.500. The van der Waals surface area contributed by atoms with Crippen LogP contribution in [0.15, 0.2) is 48.9 Å². The minimum Gasteiger partial charge on any atom is -0.389 e. The Morgan fingerprint density at radius 1 is 1.09 bits per heavy atom. The first-order valence-corrected chi connectivity index (χ1v) is 17.0. The van der Waals surface area contributed by atoms with Crippen LogP contribution in [0.4, 0.5) is 11.8 Å². The topological polar surface area (TPSA) is 107 Å². The SMILES string of the molecule is CCC(C)C(C)/C(=C\NCCN1CCOCC1)c1ccc(-c2c3c(nn2C)CCc2cnc(Nc4ccn(CCOC)n4)nc2-3)cc1.[HH]. The number of allylic oxidation sites excluding steroid dienone is 1. The molecule has 2 N–H and O–H groups in total. The van der Waals surface area contributed by atoms with Gasteiger partial charge >= 0.3 is 0 Å². The second kappa shape index (κ2) is 15.2. The third-order valence-corrected chi connectivity index (χ3v) is 9.67. The molecule has 6 rings (SSSR count). The molecule has 1 aromatic carbocycles. The molecule has 252 valence electrons. The Bertz CT molecular complexity index is 1660. The van der Waals surface area contributed by atoms with Crippen LogP contribution in [0, 0.1) is 11.8 Å². The van der Waals surface area contributed by atoms with Crippen LogP contribution < -0.4 is 10.6 Å². The predicted molar refractivity (Wildman–Crippen MR) is 188 cm³/mol. The number of aryl methyl sites for hydroxylation is 3. The van der Waals surface area contributed by atoms with Crippen LogP contribution in [0.3, 0.4) is 0 Å². The van der Waals surface area contributed by atoms with E-state index in [0.717, 1.165) is 92.4 Å². The molecule has 2 unspecified atom stereocenters. The molecule has 11 heteroatoms. The highest BCUT2D eigenvalue weighted by molar-refractivity contribution is 5.85. The van der Waals surface area contributed by atoms with Crippen LogP contribution in [-0.4, -0.2) is 87.5 Å². The van der Waals surface area contributed by atoms with Gasteiger partial charge in [0.05, 0.1) is 43.4 Å². The van der Waals surface area contributed by atoms with E-state index in [1.165, 1.54) is 11.1 Å². The van der Waals surface area contributed by atoms with Crippen molar-refractivity contribution in [2.24, 2.45) is 18.9 Å². The van der Waals surface area contributed by atoms with Crippen molar-refractivity contribution in [3.63, 3.8) is 0 Å². The van der Waals surface area contributed by atoms with Crippen molar-refractivity contribution in [3.8, 4) is 22.5 Å². The molecule has 1 aliphatic carbocycles. The first kappa shape index (κ1) is 32.9. The molecule has 1 aliphatic heterocycles. The van der Waals surface area contributed by atoms with Crippen LogP contribution in [-0.2, 0) is 35.9 Å². The number of rotatable bonds is 14. The summed E-state index contributed by atoms with van der Waals surface area (Å²) in [5.41, 5.74) is 9.02. The number of methoxy groups -OCH3 is 1. The molecule has 0 spiro atoms. The Labute approximate surface area is 279 Å². The lowest BCUT2D eigenvalue weighted by atomic mass is 9.83. The summed E-state index contributed by atoms with van der Waals surface area (Å²) in [6, 6.07) is 10.9. The fourth-order valence-electron chi connectivity index (χ4n) is 6.49. The Balaban J connectivity index is 0.00000451. The van der Waals surface area contributed by atoms with Gasteiger partial charge in [-0.3, -0.25) is 14.3 Å². The first-order chi connectivity index (χ1) is 22.9. The number of fused-ring (bicyclic) bond motifs is 3. The summed E-state index contributed by atoms with van der Waals surface area (Å²) in [6.45, 7) is 13.9. The molecule has 4 aromatic rings. The lowest BCUT2D eigenvalue weighted by Gasteiger charge is -2.27. The third-order valence-electron chi connectivity index (χ3n) is 9.67.